The van der Waals surface area contributed by atoms with Crippen molar-refractivity contribution < 1.29 is 14.3 Å². The van der Waals surface area contributed by atoms with Gasteiger partial charge in [0, 0.05) is 5.56 Å². The van der Waals surface area contributed by atoms with Crippen LogP contribution in [0.15, 0.2) is 42.5 Å². The number of benzene rings is 2. The highest BCUT2D eigenvalue weighted by molar-refractivity contribution is 5.99. The van der Waals surface area contributed by atoms with Gasteiger partial charge in [0.25, 0.3) is 0 Å². The highest BCUT2D eigenvalue weighted by Gasteiger charge is 2.40. The average Bonchev–Trinajstić information content (AvgIpc) is 3.18. The molecule has 1 fully saturated rings. The molecule has 116 valence electrons. The Balaban J connectivity index is 1.50. The third-order valence-corrected chi connectivity index (χ3v) is 4.88. The second-order valence-corrected chi connectivity index (χ2v) is 6.56. The molecule has 2 aromatic carbocycles. The van der Waals surface area contributed by atoms with E-state index in [4.69, 9.17) is 4.74 Å². The molecule has 3 nitrogen and oxygen atoms in total. The Bertz CT molecular complexity index is 806. The van der Waals surface area contributed by atoms with Gasteiger partial charge in [0.1, 0.15) is 0 Å². The van der Waals surface area contributed by atoms with Gasteiger partial charge in [0.2, 0.25) is 0 Å². The molecule has 2 aromatic rings. The van der Waals surface area contributed by atoms with Gasteiger partial charge in [-0.25, -0.2) is 0 Å². The first-order chi connectivity index (χ1) is 11.1. The Morgan fingerprint density at radius 2 is 1.83 bits per heavy atom. The molecule has 0 unspecified atom stereocenters. The lowest BCUT2D eigenvalue weighted by atomic mass is 10.0. The summed E-state index contributed by atoms with van der Waals surface area (Å²) in [7, 11) is 0. The number of carbonyl (C=O) groups excluding carboxylic acids is 2. The van der Waals surface area contributed by atoms with Gasteiger partial charge < -0.3 is 4.74 Å². The van der Waals surface area contributed by atoms with E-state index in [1.165, 1.54) is 16.7 Å². The number of esters is 1. The standard InChI is InChI=1S/C20H18O3/c1-12-8-17(12)20(22)23-11-19(21)15-7-6-14-9-13-4-2-3-5-16(13)18(14)10-15/h2-7,10,12,17H,8-9,11H2,1H3/t12-,17-/m1/s1. The maximum Gasteiger partial charge on any atom is 0.309 e. The fourth-order valence-corrected chi connectivity index (χ4v) is 3.27. The summed E-state index contributed by atoms with van der Waals surface area (Å²) in [5.74, 6) is 0.0139. The molecular weight excluding hydrogens is 288 g/mol. The predicted octanol–water partition coefficient (Wildman–Crippen LogP) is 3.64. The third-order valence-electron chi connectivity index (χ3n) is 4.88. The van der Waals surface area contributed by atoms with Gasteiger partial charge >= 0.3 is 5.97 Å². The third kappa shape index (κ3) is 2.56. The zero-order valence-corrected chi connectivity index (χ0v) is 13.0. The number of hydrogen-bond acceptors (Lipinski definition) is 3. The molecule has 0 amide bonds. The minimum absolute atomic E-state index is 0.00491. The van der Waals surface area contributed by atoms with Gasteiger partial charge in [-0.3, -0.25) is 9.59 Å². The monoisotopic (exact) mass is 306 g/mol. The van der Waals surface area contributed by atoms with E-state index in [-0.39, 0.29) is 24.3 Å². The van der Waals surface area contributed by atoms with Crippen molar-refractivity contribution >= 4 is 11.8 Å². The maximum absolute atomic E-state index is 12.3. The molecule has 0 saturated heterocycles. The first-order valence-corrected chi connectivity index (χ1v) is 8.04. The molecule has 4 rings (SSSR count). The van der Waals surface area contributed by atoms with Crippen molar-refractivity contribution in [3.8, 4) is 11.1 Å². The lowest BCUT2D eigenvalue weighted by Crippen LogP contribution is -2.15. The molecule has 3 heteroatoms. The summed E-state index contributed by atoms with van der Waals surface area (Å²) >= 11 is 0. The zero-order valence-electron chi connectivity index (χ0n) is 13.0. The maximum atomic E-state index is 12.3. The highest BCUT2D eigenvalue weighted by atomic mass is 16.5. The molecule has 0 heterocycles. The summed E-state index contributed by atoms with van der Waals surface area (Å²) in [6.45, 7) is 1.86. The van der Waals surface area contributed by atoms with Gasteiger partial charge in [-0.1, -0.05) is 43.3 Å². The van der Waals surface area contributed by atoms with E-state index in [1.807, 2.05) is 37.3 Å². The van der Waals surface area contributed by atoms with Gasteiger partial charge in [0.15, 0.2) is 12.4 Å². The number of hydrogen-bond donors (Lipinski definition) is 0. The lowest BCUT2D eigenvalue weighted by molar-refractivity contribution is -0.144. The van der Waals surface area contributed by atoms with Crippen LogP contribution in [-0.2, 0) is 16.0 Å². The van der Waals surface area contributed by atoms with E-state index in [0.29, 0.717) is 11.5 Å². The first kappa shape index (κ1) is 14.2. The number of Topliss-reactive ketones (excluding diaryl/α,β-unsaturated/α-hetero) is 1. The molecule has 0 aliphatic heterocycles. The smallest absolute Gasteiger partial charge is 0.309 e. The minimum atomic E-state index is -0.239. The normalized spacial score (nSPS) is 20.6. The average molecular weight is 306 g/mol. The molecule has 0 spiro atoms. The van der Waals surface area contributed by atoms with E-state index in [2.05, 4.69) is 12.1 Å². The summed E-state index contributed by atoms with van der Waals surface area (Å²) in [6, 6.07) is 14.0. The Kier molecular flexibility index (Phi) is 3.29. The number of carbonyl (C=O) groups is 2. The van der Waals surface area contributed by atoms with Crippen LogP contribution in [0.2, 0.25) is 0 Å². The predicted molar refractivity (Wildman–Crippen MR) is 87.2 cm³/mol. The lowest BCUT2D eigenvalue weighted by Gasteiger charge is -2.06. The SMILES string of the molecule is C[C@@H]1C[C@H]1C(=O)OCC(=O)c1ccc2c(c1)-c1ccccc1C2. The van der Waals surface area contributed by atoms with Crippen molar-refractivity contribution in [1.82, 2.24) is 0 Å². The highest BCUT2D eigenvalue weighted by Crippen LogP contribution is 2.39. The largest absolute Gasteiger partial charge is 0.457 e. The van der Waals surface area contributed by atoms with Gasteiger partial charge in [-0.2, -0.15) is 0 Å². The van der Waals surface area contributed by atoms with Crippen LogP contribution in [0.1, 0.15) is 34.8 Å². The Morgan fingerprint density at radius 1 is 1.09 bits per heavy atom. The molecule has 2 atom stereocenters. The van der Waals surface area contributed by atoms with E-state index >= 15 is 0 Å². The summed E-state index contributed by atoms with van der Waals surface area (Å²) in [6.07, 6.45) is 1.79. The minimum Gasteiger partial charge on any atom is -0.457 e. The molecule has 23 heavy (non-hydrogen) atoms. The molecule has 1 saturated carbocycles. The summed E-state index contributed by atoms with van der Waals surface area (Å²) in [5, 5.41) is 0. The quantitative estimate of drug-likeness (QED) is 0.546. The van der Waals surface area contributed by atoms with Crippen molar-refractivity contribution in [3.05, 3.63) is 59.2 Å². The molecule has 0 N–H and O–H groups in total. The number of ether oxygens (including phenoxy) is 1. The van der Waals surface area contributed by atoms with Crippen LogP contribution in [0.3, 0.4) is 0 Å². The summed E-state index contributed by atoms with van der Waals surface area (Å²) < 4.78 is 5.15. The second kappa shape index (κ2) is 5.34. The van der Waals surface area contributed by atoms with Crippen LogP contribution in [0, 0.1) is 11.8 Å². The van der Waals surface area contributed by atoms with Crippen molar-refractivity contribution in [1.29, 1.82) is 0 Å². The Hall–Kier alpha value is -2.42. The van der Waals surface area contributed by atoms with Crippen molar-refractivity contribution in [2.75, 3.05) is 6.61 Å². The molecule has 0 bridgehead atoms. The van der Waals surface area contributed by atoms with E-state index in [0.717, 1.165) is 18.4 Å². The van der Waals surface area contributed by atoms with Gasteiger partial charge in [-0.15, -0.1) is 0 Å². The van der Waals surface area contributed by atoms with Crippen LogP contribution in [0.5, 0.6) is 0 Å². The van der Waals surface area contributed by atoms with Crippen LogP contribution < -0.4 is 0 Å². The van der Waals surface area contributed by atoms with Crippen LogP contribution in [0.25, 0.3) is 11.1 Å². The van der Waals surface area contributed by atoms with Crippen LogP contribution in [0.4, 0.5) is 0 Å². The van der Waals surface area contributed by atoms with Gasteiger partial charge in [0.05, 0.1) is 5.92 Å². The zero-order chi connectivity index (χ0) is 16.0. The van der Waals surface area contributed by atoms with Crippen molar-refractivity contribution in [2.45, 2.75) is 19.8 Å². The first-order valence-electron chi connectivity index (χ1n) is 8.04. The fourth-order valence-electron chi connectivity index (χ4n) is 3.27. The molecule has 0 radical (unpaired) electrons. The molecular formula is C20H18O3. The van der Waals surface area contributed by atoms with Crippen LogP contribution in [-0.4, -0.2) is 18.4 Å². The Labute approximate surface area is 135 Å². The summed E-state index contributed by atoms with van der Waals surface area (Å²) in [5.41, 5.74) is 5.46. The van der Waals surface area contributed by atoms with E-state index in [1.54, 1.807) is 0 Å². The van der Waals surface area contributed by atoms with Crippen LogP contribution >= 0.6 is 0 Å². The number of rotatable bonds is 4. The molecule has 2 aliphatic carbocycles. The van der Waals surface area contributed by atoms with Gasteiger partial charge in [-0.05, 0) is 47.1 Å². The molecule has 2 aliphatic rings. The fraction of sp³-hybridized carbons (Fsp3) is 0.300. The van der Waals surface area contributed by atoms with E-state index in [9.17, 15) is 9.59 Å². The van der Waals surface area contributed by atoms with Crippen molar-refractivity contribution in [3.63, 3.8) is 0 Å². The Morgan fingerprint density at radius 3 is 2.61 bits per heavy atom. The number of fused-ring (bicyclic) bond motifs is 3. The topological polar surface area (TPSA) is 43.4 Å². The van der Waals surface area contributed by atoms with E-state index < -0.39 is 0 Å². The molecule has 0 aromatic heterocycles. The second-order valence-electron chi connectivity index (χ2n) is 6.56. The van der Waals surface area contributed by atoms with Crippen molar-refractivity contribution in [2.24, 2.45) is 11.8 Å². The summed E-state index contributed by atoms with van der Waals surface area (Å²) in [4.78, 5) is 24.0. The number of ketones is 1.